The van der Waals surface area contributed by atoms with Gasteiger partial charge in [0.25, 0.3) is 0 Å². The SMILES string of the molecule is Cc1cccc(C2CC2)c1C(C)C. The lowest BCUT2D eigenvalue weighted by Gasteiger charge is -2.15. The summed E-state index contributed by atoms with van der Waals surface area (Å²) in [6.07, 6.45) is 2.81. The van der Waals surface area contributed by atoms with Crippen molar-refractivity contribution in [3.05, 3.63) is 34.9 Å². The van der Waals surface area contributed by atoms with Gasteiger partial charge in [-0.15, -0.1) is 0 Å². The van der Waals surface area contributed by atoms with Crippen LogP contribution in [0.15, 0.2) is 18.2 Å². The third kappa shape index (κ3) is 1.63. The second-order valence-corrected chi connectivity index (χ2v) is 4.51. The molecule has 70 valence electrons. The van der Waals surface area contributed by atoms with Gasteiger partial charge in [-0.2, -0.15) is 0 Å². The molecule has 0 N–H and O–H groups in total. The molecule has 0 saturated heterocycles. The van der Waals surface area contributed by atoms with Crippen LogP contribution < -0.4 is 0 Å². The number of rotatable bonds is 2. The largest absolute Gasteiger partial charge is 0.0617 e. The smallest absolute Gasteiger partial charge is 0.0159 e. The van der Waals surface area contributed by atoms with Crippen LogP contribution in [0.25, 0.3) is 0 Å². The van der Waals surface area contributed by atoms with E-state index < -0.39 is 0 Å². The summed E-state index contributed by atoms with van der Waals surface area (Å²) in [5.41, 5.74) is 4.69. The second-order valence-electron chi connectivity index (χ2n) is 4.51. The van der Waals surface area contributed by atoms with Crippen LogP contribution in [0, 0.1) is 6.92 Å². The highest BCUT2D eigenvalue weighted by Gasteiger charge is 2.26. The van der Waals surface area contributed by atoms with E-state index in [-0.39, 0.29) is 0 Å². The normalized spacial score (nSPS) is 16.6. The lowest BCUT2D eigenvalue weighted by atomic mass is 9.90. The maximum absolute atomic E-state index is 2.32. The van der Waals surface area contributed by atoms with Gasteiger partial charge in [0.1, 0.15) is 0 Å². The van der Waals surface area contributed by atoms with Gasteiger partial charge in [-0.3, -0.25) is 0 Å². The van der Waals surface area contributed by atoms with E-state index in [1.165, 1.54) is 18.4 Å². The number of aryl methyl sites for hydroxylation is 1. The molecule has 1 aliphatic rings. The molecule has 0 radical (unpaired) electrons. The molecule has 0 nitrogen and oxygen atoms in total. The van der Waals surface area contributed by atoms with E-state index in [1.807, 2.05) is 0 Å². The van der Waals surface area contributed by atoms with Gasteiger partial charge in [-0.25, -0.2) is 0 Å². The molecule has 0 spiro atoms. The van der Waals surface area contributed by atoms with Gasteiger partial charge in [0, 0.05) is 0 Å². The molecule has 1 saturated carbocycles. The standard InChI is InChI=1S/C13H18/c1-9(2)13-10(3)5-4-6-12(13)11-7-8-11/h4-6,9,11H,7-8H2,1-3H3. The molecule has 0 heteroatoms. The first-order valence-electron chi connectivity index (χ1n) is 5.29. The molecule has 0 heterocycles. The molecule has 0 aromatic heterocycles. The monoisotopic (exact) mass is 174 g/mol. The Bertz CT molecular complexity index is 306. The highest BCUT2D eigenvalue weighted by molar-refractivity contribution is 5.40. The van der Waals surface area contributed by atoms with Crippen molar-refractivity contribution in [1.29, 1.82) is 0 Å². The Kier molecular flexibility index (Phi) is 2.15. The van der Waals surface area contributed by atoms with Crippen LogP contribution in [-0.4, -0.2) is 0 Å². The quantitative estimate of drug-likeness (QED) is 0.635. The number of benzene rings is 1. The van der Waals surface area contributed by atoms with Crippen molar-refractivity contribution < 1.29 is 0 Å². The van der Waals surface area contributed by atoms with Gasteiger partial charge in [-0.1, -0.05) is 32.0 Å². The Hall–Kier alpha value is -0.780. The van der Waals surface area contributed by atoms with Gasteiger partial charge in [-0.05, 0) is 48.3 Å². The molecule has 0 unspecified atom stereocenters. The van der Waals surface area contributed by atoms with Crippen molar-refractivity contribution in [2.45, 2.75) is 45.4 Å². The van der Waals surface area contributed by atoms with Crippen LogP contribution in [0.1, 0.15) is 55.2 Å². The van der Waals surface area contributed by atoms with Gasteiger partial charge in [0.05, 0.1) is 0 Å². The Morgan fingerprint density at radius 3 is 2.46 bits per heavy atom. The van der Waals surface area contributed by atoms with Crippen molar-refractivity contribution in [2.24, 2.45) is 0 Å². The molecule has 1 aliphatic carbocycles. The minimum Gasteiger partial charge on any atom is -0.0617 e. The van der Waals surface area contributed by atoms with Gasteiger partial charge in [0.15, 0.2) is 0 Å². The molecular formula is C13H18. The maximum atomic E-state index is 2.32. The van der Waals surface area contributed by atoms with E-state index in [2.05, 4.69) is 39.0 Å². The molecule has 0 amide bonds. The van der Waals surface area contributed by atoms with Crippen LogP contribution in [0.4, 0.5) is 0 Å². The summed E-state index contributed by atoms with van der Waals surface area (Å²) < 4.78 is 0. The van der Waals surface area contributed by atoms with E-state index in [0.717, 1.165) is 5.92 Å². The first-order chi connectivity index (χ1) is 6.20. The van der Waals surface area contributed by atoms with E-state index in [1.54, 1.807) is 11.1 Å². The highest BCUT2D eigenvalue weighted by Crippen LogP contribution is 2.43. The van der Waals surface area contributed by atoms with E-state index in [0.29, 0.717) is 5.92 Å². The van der Waals surface area contributed by atoms with Crippen molar-refractivity contribution in [3.8, 4) is 0 Å². The Morgan fingerprint density at radius 2 is 1.92 bits per heavy atom. The van der Waals surface area contributed by atoms with Crippen LogP contribution in [0.5, 0.6) is 0 Å². The Labute approximate surface area is 81.0 Å². The molecule has 2 rings (SSSR count). The van der Waals surface area contributed by atoms with Gasteiger partial charge >= 0.3 is 0 Å². The summed E-state index contributed by atoms with van der Waals surface area (Å²) in [7, 11) is 0. The zero-order chi connectivity index (χ0) is 9.42. The molecular weight excluding hydrogens is 156 g/mol. The zero-order valence-corrected chi connectivity index (χ0v) is 8.80. The second kappa shape index (κ2) is 3.17. The van der Waals surface area contributed by atoms with Crippen LogP contribution in [-0.2, 0) is 0 Å². The molecule has 0 bridgehead atoms. The van der Waals surface area contributed by atoms with E-state index >= 15 is 0 Å². The third-order valence-corrected chi connectivity index (χ3v) is 2.95. The lowest BCUT2D eigenvalue weighted by Crippen LogP contribution is -1.97. The number of hydrogen-bond acceptors (Lipinski definition) is 0. The summed E-state index contributed by atoms with van der Waals surface area (Å²) in [5, 5.41) is 0. The van der Waals surface area contributed by atoms with Gasteiger partial charge < -0.3 is 0 Å². The molecule has 1 fully saturated rings. The van der Waals surface area contributed by atoms with Crippen molar-refractivity contribution in [3.63, 3.8) is 0 Å². The first-order valence-corrected chi connectivity index (χ1v) is 5.29. The minimum atomic E-state index is 0.678. The fourth-order valence-corrected chi connectivity index (χ4v) is 2.24. The first kappa shape index (κ1) is 8.80. The molecule has 13 heavy (non-hydrogen) atoms. The summed E-state index contributed by atoms with van der Waals surface area (Å²) in [6, 6.07) is 6.76. The van der Waals surface area contributed by atoms with Crippen LogP contribution in [0.3, 0.4) is 0 Å². The molecule has 0 aliphatic heterocycles. The average Bonchev–Trinajstić information content (AvgIpc) is 2.85. The summed E-state index contributed by atoms with van der Waals surface area (Å²) in [6.45, 7) is 6.84. The topological polar surface area (TPSA) is 0 Å². The Balaban J connectivity index is 2.47. The predicted octanol–water partition coefficient (Wildman–Crippen LogP) is 4.00. The zero-order valence-electron chi connectivity index (χ0n) is 8.80. The van der Waals surface area contributed by atoms with E-state index in [9.17, 15) is 0 Å². The summed E-state index contributed by atoms with van der Waals surface area (Å²) >= 11 is 0. The van der Waals surface area contributed by atoms with Crippen LogP contribution >= 0.6 is 0 Å². The number of hydrogen-bond donors (Lipinski definition) is 0. The van der Waals surface area contributed by atoms with Crippen LogP contribution in [0.2, 0.25) is 0 Å². The van der Waals surface area contributed by atoms with Crippen molar-refractivity contribution in [1.82, 2.24) is 0 Å². The molecule has 1 aromatic rings. The fraction of sp³-hybridized carbons (Fsp3) is 0.538. The van der Waals surface area contributed by atoms with Crippen molar-refractivity contribution in [2.75, 3.05) is 0 Å². The summed E-state index contributed by atoms with van der Waals surface area (Å²) in [4.78, 5) is 0. The third-order valence-electron chi connectivity index (χ3n) is 2.95. The minimum absolute atomic E-state index is 0.678. The maximum Gasteiger partial charge on any atom is -0.0159 e. The van der Waals surface area contributed by atoms with Crippen molar-refractivity contribution >= 4 is 0 Å². The van der Waals surface area contributed by atoms with E-state index in [4.69, 9.17) is 0 Å². The lowest BCUT2D eigenvalue weighted by molar-refractivity contribution is 0.832. The van der Waals surface area contributed by atoms with Gasteiger partial charge in [0.2, 0.25) is 0 Å². The fourth-order valence-electron chi connectivity index (χ4n) is 2.24. The Morgan fingerprint density at radius 1 is 1.23 bits per heavy atom. The predicted molar refractivity (Wildman–Crippen MR) is 57.2 cm³/mol. The molecule has 1 aromatic carbocycles. The highest BCUT2D eigenvalue weighted by atomic mass is 14.3. The average molecular weight is 174 g/mol. The summed E-state index contributed by atoms with van der Waals surface area (Å²) in [5.74, 6) is 1.56. The molecule has 0 atom stereocenters.